The summed E-state index contributed by atoms with van der Waals surface area (Å²) < 4.78 is 0. The monoisotopic (exact) mass is 302 g/mol. The highest BCUT2D eigenvalue weighted by Crippen LogP contribution is 2.28. The summed E-state index contributed by atoms with van der Waals surface area (Å²) in [5.74, 6) is 0.860. The fraction of sp³-hybridized carbons (Fsp3) is 0.333. The van der Waals surface area contributed by atoms with Crippen LogP contribution in [0.4, 0.5) is 0 Å². The van der Waals surface area contributed by atoms with E-state index in [1.165, 1.54) is 0 Å². The van der Waals surface area contributed by atoms with Crippen LogP contribution in [-0.2, 0) is 11.3 Å². The predicted molar refractivity (Wildman–Crippen MR) is 80.9 cm³/mol. The molecule has 0 spiro atoms. The third-order valence-electron chi connectivity index (χ3n) is 4.09. The Hall–Kier alpha value is -1.85. The van der Waals surface area contributed by atoms with Gasteiger partial charge < -0.3 is 10.2 Å². The molecule has 3 heterocycles. The lowest BCUT2D eigenvalue weighted by Crippen LogP contribution is -2.49. The zero-order valence-corrected chi connectivity index (χ0v) is 12.2. The highest BCUT2D eigenvalue weighted by molar-refractivity contribution is 6.30. The zero-order valence-electron chi connectivity index (χ0n) is 11.5. The Morgan fingerprint density at radius 2 is 2.05 bits per heavy atom. The van der Waals surface area contributed by atoms with Gasteiger partial charge in [0.05, 0.1) is 18.7 Å². The van der Waals surface area contributed by atoms with E-state index in [9.17, 15) is 4.79 Å². The molecule has 1 N–H and O–H groups in total. The van der Waals surface area contributed by atoms with Crippen LogP contribution in [0.3, 0.4) is 0 Å². The van der Waals surface area contributed by atoms with Crippen molar-refractivity contribution >= 4 is 23.5 Å². The van der Waals surface area contributed by atoms with Gasteiger partial charge in [-0.15, -0.1) is 0 Å². The highest BCUT2D eigenvalue weighted by atomic mass is 35.5. The van der Waals surface area contributed by atoms with Crippen LogP contribution < -0.4 is 5.32 Å². The second kappa shape index (κ2) is 4.86. The molecule has 0 unspecified atom stereocenters. The van der Waals surface area contributed by atoms with Crippen molar-refractivity contribution < 1.29 is 4.79 Å². The summed E-state index contributed by atoms with van der Waals surface area (Å²) in [7, 11) is 0. The van der Waals surface area contributed by atoms with Crippen molar-refractivity contribution in [1.29, 1.82) is 0 Å². The van der Waals surface area contributed by atoms with Crippen LogP contribution in [-0.4, -0.2) is 47.8 Å². The van der Waals surface area contributed by atoms with Crippen molar-refractivity contribution in [2.24, 2.45) is 4.99 Å². The molecule has 0 saturated heterocycles. The van der Waals surface area contributed by atoms with Gasteiger partial charge in [-0.1, -0.05) is 23.7 Å². The molecule has 0 fully saturated rings. The molecule has 0 bridgehead atoms. The molecule has 4 rings (SSSR count). The van der Waals surface area contributed by atoms with Crippen molar-refractivity contribution in [2.45, 2.75) is 6.54 Å². The molecular weight excluding hydrogens is 288 g/mol. The summed E-state index contributed by atoms with van der Waals surface area (Å²) in [6.07, 6.45) is 0. The summed E-state index contributed by atoms with van der Waals surface area (Å²) in [5, 5.41) is 3.97. The second-order valence-electron chi connectivity index (χ2n) is 5.38. The van der Waals surface area contributed by atoms with Gasteiger partial charge >= 0.3 is 0 Å². The van der Waals surface area contributed by atoms with E-state index in [2.05, 4.69) is 15.2 Å². The summed E-state index contributed by atoms with van der Waals surface area (Å²) in [5.41, 5.74) is 3.03. The third kappa shape index (κ3) is 2.04. The van der Waals surface area contributed by atoms with Crippen LogP contribution in [0, 0.1) is 0 Å². The van der Waals surface area contributed by atoms with E-state index in [-0.39, 0.29) is 5.91 Å². The fourth-order valence-corrected chi connectivity index (χ4v) is 3.19. The van der Waals surface area contributed by atoms with E-state index in [0.29, 0.717) is 18.1 Å². The number of hydrogen-bond donors (Lipinski definition) is 1. The van der Waals surface area contributed by atoms with Gasteiger partial charge in [-0.2, -0.15) is 0 Å². The van der Waals surface area contributed by atoms with Gasteiger partial charge in [-0.05, 0) is 17.7 Å². The van der Waals surface area contributed by atoms with Gasteiger partial charge in [0.25, 0.3) is 5.91 Å². The maximum Gasteiger partial charge on any atom is 0.259 e. The predicted octanol–water partition coefficient (Wildman–Crippen LogP) is 1.21. The van der Waals surface area contributed by atoms with Crippen LogP contribution >= 0.6 is 11.6 Å². The quantitative estimate of drug-likeness (QED) is 0.893. The number of nitrogens with one attached hydrogen (secondary N) is 1. The summed E-state index contributed by atoms with van der Waals surface area (Å²) >= 11 is 5.92. The van der Waals surface area contributed by atoms with E-state index >= 15 is 0 Å². The first-order valence-electron chi connectivity index (χ1n) is 7.05. The fourth-order valence-electron chi connectivity index (χ4n) is 3.06. The number of aliphatic imine (C=N–C) groups is 1. The number of halogens is 1. The smallest absolute Gasteiger partial charge is 0.259 e. The Labute approximate surface area is 127 Å². The average Bonchev–Trinajstić information content (AvgIpc) is 3.13. The van der Waals surface area contributed by atoms with Crippen LogP contribution in [0.5, 0.6) is 0 Å². The van der Waals surface area contributed by atoms with Crippen molar-refractivity contribution in [3.05, 3.63) is 46.1 Å². The molecule has 3 aliphatic rings. The Morgan fingerprint density at radius 3 is 2.86 bits per heavy atom. The maximum absolute atomic E-state index is 12.7. The molecular formula is C15H15ClN4O. The SMILES string of the molecule is O=C1C2=C(CNC2)N2CCN=C2N1Cc1ccc(Cl)cc1. The van der Waals surface area contributed by atoms with E-state index in [0.717, 1.165) is 42.4 Å². The summed E-state index contributed by atoms with van der Waals surface area (Å²) in [6, 6.07) is 7.60. The van der Waals surface area contributed by atoms with E-state index in [4.69, 9.17) is 11.6 Å². The van der Waals surface area contributed by atoms with Crippen molar-refractivity contribution in [2.75, 3.05) is 26.2 Å². The minimum absolute atomic E-state index is 0.0712. The number of guanidine groups is 1. The van der Waals surface area contributed by atoms with Crippen molar-refractivity contribution in [3.8, 4) is 0 Å². The Kier molecular flexibility index (Phi) is 2.97. The number of rotatable bonds is 2. The van der Waals surface area contributed by atoms with E-state index in [1.54, 1.807) is 4.90 Å². The summed E-state index contributed by atoms with van der Waals surface area (Å²) in [6.45, 7) is 3.54. The first-order valence-corrected chi connectivity index (χ1v) is 7.43. The van der Waals surface area contributed by atoms with E-state index in [1.807, 2.05) is 24.3 Å². The Balaban J connectivity index is 1.68. The number of hydrogen-bond acceptors (Lipinski definition) is 4. The third-order valence-corrected chi connectivity index (χ3v) is 4.34. The molecule has 1 aromatic rings. The van der Waals surface area contributed by atoms with Gasteiger partial charge in [0, 0.05) is 30.4 Å². The minimum Gasteiger partial charge on any atom is -0.312 e. The van der Waals surface area contributed by atoms with Gasteiger partial charge in [0.2, 0.25) is 5.96 Å². The van der Waals surface area contributed by atoms with Gasteiger partial charge in [-0.3, -0.25) is 14.7 Å². The van der Waals surface area contributed by atoms with Crippen molar-refractivity contribution in [3.63, 3.8) is 0 Å². The number of nitrogens with zero attached hydrogens (tertiary/aromatic N) is 3. The average molecular weight is 303 g/mol. The van der Waals surface area contributed by atoms with Gasteiger partial charge in [-0.25, -0.2) is 0 Å². The van der Waals surface area contributed by atoms with E-state index < -0.39 is 0 Å². The minimum atomic E-state index is 0.0712. The van der Waals surface area contributed by atoms with Crippen LogP contribution in [0.1, 0.15) is 5.56 Å². The zero-order chi connectivity index (χ0) is 14.4. The molecule has 0 saturated carbocycles. The molecule has 6 heteroatoms. The molecule has 0 radical (unpaired) electrons. The molecule has 0 aromatic heterocycles. The number of fused-ring (bicyclic) bond motifs is 2. The Morgan fingerprint density at radius 1 is 1.24 bits per heavy atom. The van der Waals surface area contributed by atoms with Crippen molar-refractivity contribution in [1.82, 2.24) is 15.1 Å². The molecule has 1 aromatic carbocycles. The van der Waals surface area contributed by atoms with Crippen LogP contribution in [0.15, 0.2) is 40.5 Å². The lowest BCUT2D eigenvalue weighted by molar-refractivity contribution is -0.124. The standard InChI is InChI=1S/C15H15ClN4O/c16-11-3-1-10(2-4-11)9-20-14(21)12-7-17-8-13(12)19-6-5-18-15(19)20/h1-4,17H,5-9H2. The second-order valence-corrected chi connectivity index (χ2v) is 5.82. The number of benzene rings is 1. The molecule has 1 amide bonds. The normalized spacial score (nSPS) is 20.8. The molecule has 21 heavy (non-hydrogen) atoms. The number of amides is 1. The van der Waals surface area contributed by atoms with Crippen LogP contribution in [0.2, 0.25) is 5.02 Å². The van der Waals surface area contributed by atoms with Crippen LogP contribution in [0.25, 0.3) is 0 Å². The topological polar surface area (TPSA) is 47.9 Å². The summed E-state index contributed by atoms with van der Waals surface area (Å²) in [4.78, 5) is 21.2. The number of carbonyl (C=O) groups excluding carboxylic acids is 1. The highest BCUT2D eigenvalue weighted by Gasteiger charge is 2.40. The Bertz CT molecular complexity index is 665. The molecule has 3 aliphatic heterocycles. The first kappa shape index (κ1) is 12.9. The molecule has 5 nitrogen and oxygen atoms in total. The van der Waals surface area contributed by atoms with Gasteiger partial charge in [0.1, 0.15) is 0 Å². The first-order chi connectivity index (χ1) is 10.2. The molecule has 0 atom stereocenters. The van der Waals surface area contributed by atoms with Gasteiger partial charge in [0.15, 0.2) is 0 Å². The lowest BCUT2D eigenvalue weighted by atomic mass is 10.1. The molecule has 0 aliphatic carbocycles. The largest absolute Gasteiger partial charge is 0.312 e. The maximum atomic E-state index is 12.7. The lowest BCUT2D eigenvalue weighted by Gasteiger charge is -2.35. The molecule has 108 valence electrons. The number of carbonyl (C=O) groups is 1.